The van der Waals surface area contributed by atoms with E-state index in [1.54, 1.807) is 4.90 Å². The Labute approximate surface area is 255 Å². The Morgan fingerprint density at radius 1 is 0.953 bits per heavy atom. The lowest BCUT2D eigenvalue weighted by atomic mass is 9.72. The maximum absolute atomic E-state index is 13.5. The van der Waals surface area contributed by atoms with Gasteiger partial charge in [0.1, 0.15) is 11.6 Å². The summed E-state index contributed by atoms with van der Waals surface area (Å²) in [6.45, 7) is 7.85. The van der Waals surface area contributed by atoms with E-state index in [-0.39, 0.29) is 47.9 Å². The molecule has 6 rings (SSSR count). The summed E-state index contributed by atoms with van der Waals surface area (Å²) in [6.07, 6.45) is 6.34. The predicted molar refractivity (Wildman–Crippen MR) is 164 cm³/mol. The first-order chi connectivity index (χ1) is 20.4. The number of benzene rings is 1. The number of alkyl carbamates (subject to hydrolysis) is 1. The Morgan fingerprint density at radius 2 is 1.65 bits per heavy atom. The summed E-state index contributed by atoms with van der Waals surface area (Å²) in [4.78, 5) is 57.7. The molecule has 1 unspecified atom stereocenters. The zero-order valence-electron chi connectivity index (χ0n) is 26.4. The average molecular weight is 596 g/mol. The fraction of sp³-hybridized carbons (Fsp3) is 0.697. The van der Waals surface area contributed by atoms with Crippen LogP contribution in [0.1, 0.15) is 83.7 Å². The van der Waals surface area contributed by atoms with Crippen molar-refractivity contribution in [2.75, 3.05) is 39.0 Å². The standard InChI is InChI=1S/C33H49N5O5/c1-33(2,3)43-32(42)35-25-11-6-21(7-12-25)19-28(39)38-20-22-8-15-27(38)26(18-22)30(40)34-24-13-9-23(10-14-24)29-31(41)37(5)17-16-36(29)4/h9-10,13-14,21-22,25-27,29H,6-8,11-12,15-20H2,1-5H3,(H,34,40)(H,35,42)/t21?,22-,25?,26+,27+,29?/m1/s1. The average Bonchev–Trinajstić information content (AvgIpc) is 2.96. The summed E-state index contributed by atoms with van der Waals surface area (Å²) in [5.41, 5.74) is 1.11. The summed E-state index contributed by atoms with van der Waals surface area (Å²) in [7, 11) is 3.80. The minimum absolute atomic E-state index is 0.0285. The van der Waals surface area contributed by atoms with Crippen LogP contribution in [-0.4, -0.2) is 89.9 Å². The lowest BCUT2D eigenvalue weighted by Crippen LogP contribution is -2.58. The number of hydrogen-bond acceptors (Lipinski definition) is 6. The van der Waals surface area contributed by atoms with Crippen LogP contribution in [0, 0.1) is 17.8 Å². The molecule has 2 N–H and O–H groups in total. The summed E-state index contributed by atoms with van der Waals surface area (Å²) >= 11 is 0. The van der Waals surface area contributed by atoms with Gasteiger partial charge in [-0.2, -0.15) is 0 Å². The van der Waals surface area contributed by atoms with Crippen LogP contribution in [-0.2, 0) is 19.1 Å². The molecule has 2 bridgehead atoms. The van der Waals surface area contributed by atoms with Gasteiger partial charge in [0.2, 0.25) is 17.7 Å². The van der Waals surface area contributed by atoms with Crippen molar-refractivity contribution in [3.05, 3.63) is 29.8 Å². The van der Waals surface area contributed by atoms with Crippen LogP contribution in [0.4, 0.5) is 10.5 Å². The lowest BCUT2D eigenvalue weighted by molar-refractivity contribution is -0.146. The number of piperazine rings is 1. The summed E-state index contributed by atoms with van der Waals surface area (Å²) in [5, 5.41) is 6.08. The number of likely N-dealkylation sites (N-methyl/N-ethyl adjacent to an activating group) is 2. The molecule has 3 heterocycles. The van der Waals surface area contributed by atoms with E-state index in [1.165, 1.54) is 0 Å². The first-order valence-electron chi connectivity index (χ1n) is 16.0. The van der Waals surface area contributed by atoms with Crippen molar-refractivity contribution in [2.24, 2.45) is 17.8 Å². The maximum Gasteiger partial charge on any atom is 0.407 e. The summed E-state index contributed by atoms with van der Waals surface area (Å²) in [6, 6.07) is 7.31. The highest BCUT2D eigenvalue weighted by Crippen LogP contribution is 2.41. The van der Waals surface area contributed by atoms with E-state index in [1.807, 2.05) is 64.0 Å². The number of piperidine rings is 2. The molecule has 2 saturated carbocycles. The van der Waals surface area contributed by atoms with Crippen molar-refractivity contribution in [1.29, 1.82) is 0 Å². The lowest BCUT2D eigenvalue weighted by Gasteiger charge is -2.49. The molecule has 4 amide bonds. The molecule has 0 spiro atoms. The molecule has 0 radical (unpaired) electrons. The van der Waals surface area contributed by atoms with E-state index in [0.29, 0.717) is 23.9 Å². The van der Waals surface area contributed by atoms with E-state index in [4.69, 9.17) is 4.74 Å². The highest BCUT2D eigenvalue weighted by Gasteiger charge is 2.46. The highest BCUT2D eigenvalue weighted by molar-refractivity contribution is 5.94. The third kappa shape index (κ3) is 7.51. The van der Waals surface area contributed by atoms with Gasteiger partial charge in [0, 0.05) is 50.9 Å². The van der Waals surface area contributed by atoms with Gasteiger partial charge in [0.15, 0.2) is 0 Å². The molecule has 3 aliphatic heterocycles. The minimum Gasteiger partial charge on any atom is -0.444 e. The van der Waals surface area contributed by atoms with Gasteiger partial charge < -0.3 is 25.2 Å². The molecule has 3 saturated heterocycles. The maximum atomic E-state index is 13.5. The van der Waals surface area contributed by atoms with Crippen molar-refractivity contribution in [2.45, 2.75) is 95.9 Å². The Morgan fingerprint density at radius 3 is 2.30 bits per heavy atom. The van der Waals surface area contributed by atoms with Crippen LogP contribution in [0.25, 0.3) is 0 Å². The number of fused-ring (bicyclic) bond motifs is 3. The molecule has 236 valence electrons. The van der Waals surface area contributed by atoms with Gasteiger partial charge in [-0.3, -0.25) is 19.3 Å². The molecule has 5 aliphatic rings. The first-order valence-corrected chi connectivity index (χ1v) is 16.0. The van der Waals surface area contributed by atoms with Crippen LogP contribution in [0.3, 0.4) is 0 Å². The number of amides is 4. The minimum atomic E-state index is -0.522. The van der Waals surface area contributed by atoms with E-state index in [2.05, 4.69) is 15.5 Å². The molecule has 4 atom stereocenters. The Kier molecular flexibility index (Phi) is 9.34. The highest BCUT2D eigenvalue weighted by atomic mass is 16.6. The summed E-state index contributed by atoms with van der Waals surface area (Å²) in [5.74, 6) is 0.644. The third-order valence-electron chi connectivity index (χ3n) is 9.80. The SMILES string of the molecule is CN1CCN(C)C(c2ccc(NC(=O)[C@H]3C[C@H]4CC[C@@H]3N(C(=O)CC3CCC(NC(=O)OC(C)(C)C)CC3)C4)cc2)C1=O. The monoisotopic (exact) mass is 595 g/mol. The third-order valence-corrected chi connectivity index (χ3v) is 9.80. The number of rotatable bonds is 6. The van der Waals surface area contributed by atoms with Crippen LogP contribution < -0.4 is 10.6 Å². The van der Waals surface area contributed by atoms with E-state index < -0.39 is 5.60 Å². The molecule has 1 aromatic carbocycles. The topological polar surface area (TPSA) is 111 Å². The van der Waals surface area contributed by atoms with Crippen LogP contribution in [0.2, 0.25) is 0 Å². The van der Waals surface area contributed by atoms with Crippen molar-refractivity contribution in [3.8, 4) is 0 Å². The van der Waals surface area contributed by atoms with Crippen molar-refractivity contribution in [1.82, 2.24) is 20.0 Å². The molecule has 5 fully saturated rings. The molecule has 2 aliphatic carbocycles. The van der Waals surface area contributed by atoms with E-state index >= 15 is 0 Å². The van der Waals surface area contributed by atoms with Gasteiger partial charge in [-0.05, 0) is 102 Å². The van der Waals surface area contributed by atoms with Crippen LogP contribution >= 0.6 is 0 Å². The fourth-order valence-electron chi connectivity index (χ4n) is 7.44. The molecule has 0 aromatic heterocycles. The van der Waals surface area contributed by atoms with Gasteiger partial charge in [-0.25, -0.2) is 4.79 Å². The predicted octanol–water partition coefficient (Wildman–Crippen LogP) is 4.17. The zero-order valence-corrected chi connectivity index (χ0v) is 26.4. The van der Waals surface area contributed by atoms with Gasteiger partial charge in [0.05, 0.1) is 5.92 Å². The van der Waals surface area contributed by atoms with Gasteiger partial charge >= 0.3 is 6.09 Å². The second kappa shape index (κ2) is 12.8. The number of nitrogens with zero attached hydrogens (tertiary/aromatic N) is 3. The Hall–Kier alpha value is -3.14. The van der Waals surface area contributed by atoms with Crippen LogP contribution in [0.15, 0.2) is 24.3 Å². The van der Waals surface area contributed by atoms with Crippen molar-refractivity contribution < 1.29 is 23.9 Å². The number of hydrogen-bond donors (Lipinski definition) is 2. The van der Waals surface area contributed by atoms with E-state index in [9.17, 15) is 19.2 Å². The number of carbonyl (C=O) groups is 4. The smallest absolute Gasteiger partial charge is 0.407 e. The number of anilines is 1. The molecular weight excluding hydrogens is 546 g/mol. The van der Waals surface area contributed by atoms with Crippen molar-refractivity contribution in [3.63, 3.8) is 0 Å². The second-order valence-electron chi connectivity index (χ2n) is 14.2. The molecule has 10 heteroatoms. The molecule has 10 nitrogen and oxygen atoms in total. The molecule has 1 aromatic rings. The Bertz CT molecular complexity index is 1190. The largest absolute Gasteiger partial charge is 0.444 e. The van der Waals surface area contributed by atoms with E-state index in [0.717, 1.165) is 70.1 Å². The van der Waals surface area contributed by atoms with Gasteiger partial charge in [0.25, 0.3) is 0 Å². The number of carbonyl (C=O) groups excluding carboxylic acids is 4. The second-order valence-corrected chi connectivity index (χ2v) is 14.2. The van der Waals surface area contributed by atoms with Gasteiger partial charge in [-0.15, -0.1) is 0 Å². The van der Waals surface area contributed by atoms with Gasteiger partial charge in [-0.1, -0.05) is 12.1 Å². The Balaban J connectivity index is 1.13. The quantitative estimate of drug-likeness (QED) is 0.511. The zero-order chi connectivity index (χ0) is 30.9. The fourth-order valence-corrected chi connectivity index (χ4v) is 7.44. The van der Waals surface area contributed by atoms with Crippen LogP contribution in [0.5, 0.6) is 0 Å². The summed E-state index contributed by atoms with van der Waals surface area (Å²) < 4.78 is 5.39. The van der Waals surface area contributed by atoms with Crippen molar-refractivity contribution >= 4 is 29.5 Å². The molecular formula is C33H49N5O5. The normalized spacial score (nSPS) is 29.7. The number of ether oxygens (including phenoxy) is 1. The number of nitrogens with one attached hydrogen (secondary N) is 2. The molecule has 43 heavy (non-hydrogen) atoms. The first kappa shape index (κ1) is 31.3.